The van der Waals surface area contributed by atoms with Crippen molar-refractivity contribution >= 4 is 38.8 Å². The molecule has 5 nitrogen and oxygen atoms in total. The van der Waals surface area contributed by atoms with E-state index in [1.165, 1.54) is 35.9 Å². The van der Waals surface area contributed by atoms with Gasteiger partial charge in [-0.2, -0.15) is 8.78 Å². The highest BCUT2D eigenvalue weighted by atomic mass is 35.5. The Balaban J connectivity index is 1.40. The third-order valence-corrected chi connectivity index (χ3v) is 5.61. The summed E-state index contributed by atoms with van der Waals surface area (Å²) in [6, 6.07) is 8.49. The van der Waals surface area contributed by atoms with Gasteiger partial charge < -0.3 is 11.1 Å². The van der Waals surface area contributed by atoms with Crippen molar-refractivity contribution in [2.75, 3.05) is 11.9 Å². The van der Waals surface area contributed by atoms with Crippen LogP contribution in [0.4, 0.5) is 13.9 Å². The summed E-state index contributed by atoms with van der Waals surface area (Å²) in [4.78, 5) is 12.6. The first-order valence-electron chi connectivity index (χ1n) is 8.79. The van der Waals surface area contributed by atoms with E-state index in [-0.39, 0.29) is 11.1 Å². The summed E-state index contributed by atoms with van der Waals surface area (Å²) in [7, 11) is 0. The van der Waals surface area contributed by atoms with E-state index in [0.29, 0.717) is 13.0 Å². The number of anilines is 1. The van der Waals surface area contributed by atoms with Gasteiger partial charge in [0.15, 0.2) is 5.13 Å². The first-order valence-corrected chi connectivity index (χ1v) is 9.98. The molecule has 3 N–H and O–H groups in total. The molecule has 0 amide bonds. The lowest BCUT2D eigenvalue weighted by molar-refractivity contribution is 0.581. The number of rotatable bonds is 6. The zero-order valence-electron chi connectivity index (χ0n) is 15.1. The van der Waals surface area contributed by atoms with Gasteiger partial charge in [0, 0.05) is 42.6 Å². The number of thiazole rings is 1. The zero-order valence-corrected chi connectivity index (χ0v) is 16.6. The molecule has 0 aliphatic carbocycles. The molecule has 4 rings (SSSR count). The first kappa shape index (κ1) is 19.6. The van der Waals surface area contributed by atoms with E-state index in [4.69, 9.17) is 17.3 Å². The van der Waals surface area contributed by atoms with Crippen molar-refractivity contribution in [1.82, 2.24) is 15.0 Å². The number of hydrogen-bond donors (Lipinski definition) is 2. The molecule has 148 valence electrons. The summed E-state index contributed by atoms with van der Waals surface area (Å²) in [5, 5.41) is 5.58. The maximum atomic E-state index is 13.4. The fraction of sp³-hybridized carbons (Fsp3) is 0.150. The highest BCUT2D eigenvalue weighted by Crippen LogP contribution is 2.31. The van der Waals surface area contributed by atoms with Gasteiger partial charge in [-0.3, -0.25) is 0 Å². The van der Waals surface area contributed by atoms with E-state index < -0.39 is 11.9 Å². The third-order valence-electron chi connectivity index (χ3n) is 4.34. The molecule has 0 aliphatic heterocycles. The van der Waals surface area contributed by atoms with Crippen molar-refractivity contribution in [1.29, 1.82) is 0 Å². The smallest absolute Gasteiger partial charge is 0.231 e. The van der Waals surface area contributed by atoms with E-state index in [1.807, 2.05) is 18.2 Å². The Hall–Kier alpha value is -2.68. The van der Waals surface area contributed by atoms with Crippen LogP contribution < -0.4 is 11.1 Å². The number of pyridine rings is 2. The van der Waals surface area contributed by atoms with Crippen molar-refractivity contribution in [3.63, 3.8) is 0 Å². The molecule has 1 aromatic carbocycles. The summed E-state index contributed by atoms with van der Waals surface area (Å²) in [6.45, 7) is 0.483. The second-order valence-corrected chi connectivity index (χ2v) is 8.00. The Morgan fingerprint density at radius 3 is 2.72 bits per heavy atom. The number of halogens is 3. The number of nitrogens with one attached hydrogen (secondary N) is 1. The van der Waals surface area contributed by atoms with Gasteiger partial charge in [-0.05, 0) is 35.1 Å². The maximum Gasteiger partial charge on any atom is 0.231 e. The molecule has 3 aromatic heterocycles. The SMILES string of the molecule is N[C@@H](CNc1ncc(-c2ccc3cnc(F)cc3c2)s1)Cc1cnc(F)c(Cl)c1. The minimum Gasteiger partial charge on any atom is -0.360 e. The predicted molar refractivity (Wildman–Crippen MR) is 112 cm³/mol. The van der Waals surface area contributed by atoms with Crippen LogP contribution in [0.1, 0.15) is 5.56 Å². The van der Waals surface area contributed by atoms with Crippen LogP contribution in [0.2, 0.25) is 5.02 Å². The second-order valence-electron chi connectivity index (χ2n) is 6.56. The van der Waals surface area contributed by atoms with Gasteiger partial charge in [-0.1, -0.05) is 35.1 Å². The molecule has 3 heterocycles. The molecular formula is C20H16ClF2N5S. The number of aromatic nitrogens is 3. The average Bonchev–Trinajstić information content (AvgIpc) is 3.18. The van der Waals surface area contributed by atoms with Crippen LogP contribution in [0.3, 0.4) is 0 Å². The molecule has 0 radical (unpaired) electrons. The first-order chi connectivity index (χ1) is 14.0. The van der Waals surface area contributed by atoms with Crippen LogP contribution in [0.25, 0.3) is 21.2 Å². The molecule has 0 aliphatic rings. The van der Waals surface area contributed by atoms with Gasteiger partial charge in [-0.15, -0.1) is 0 Å². The summed E-state index contributed by atoms with van der Waals surface area (Å²) >= 11 is 7.23. The number of fused-ring (bicyclic) bond motifs is 1. The Morgan fingerprint density at radius 1 is 1.03 bits per heavy atom. The minimum atomic E-state index is -0.690. The fourth-order valence-corrected chi connectivity index (χ4v) is 3.93. The highest BCUT2D eigenvalue weighted by Gasteiger charge is 2.10. The molecule has 29 heavy (non-hydrogen) atoms. The molecule has 9 heteroatoms. The minimum absolute atomic E-state index is 0.0155. The number of benzene rings is 1. The number of hydrogen-bond acceptors (Lipinski definition) is 6. The number of nitrogens with zero attached hydrogens (tertiary/aromatic N) is 3. The molecule has 4 aromatic rings. The second kappa shape index (κ2) is 8.36. The van der Waals surface area contributed by atoms with Crippen LogP contribution in [0, 0.1) is 11.9 Å². The van der Waals surface area contributed by atoms with Gasteiger partial charge in [0.25, 0.3) is 0 Å². The standard InChI is InChI=1S/C20H16ClF2N5S/c21-16-4-11(7-26-19(16)23)3-15(24)9-27-20-28-10-17(29-20)12-1-2-13-8-25-18(22)6-14(13)5-12/h1-2,4-8,10,15H,3,9,24H2,(H,27,28)/t15-/m1/s1. The third kappa shape index (κ3) is 4.67. The van der Waals surface area contributed by atoms with E-state index in [0.717, 1.165) is 31.9 Å². The normalized spacial score (nSPS) is 12.3. The fourth-order valence-electron chi connectivity index (χ4n) is 2.92. The van der Waals surface area contributed by atoms with E-state index >= 15 is 0 Å². The Labute approximate surface area is 174 Å². The van der Waals surface area contributed by atoms with Crippen LogP contribution in [0.5, 0.6) is 0 Å². The topological polar surface area (TPSA) is 76.7 Å². The van der Waals surface area contributed by atoms with Crippen LogP contribution in [-0.2, 0) is 6.42 Å². The van der Waals surface area contributed by atoms with Gasteiger partial charge in [0.05, 0.1) is 9.90 Å². The van der Waals surface area contributed by atoms with Crippen molar-refractivity contribution < 1.29 is 8.78 Å². The lowest BCUT2D eigenvalue weighted by Gasteiger charge is -2.12. The van der Waals surface area contributed by atoms with Gasteiger partial charge in [0.2, 0.25) is 11.9 Å². The molecular weight excluding hydrogens is 416 g/mol. The van der Waals surface area contributed by atoms with Crippen molar-refractivity contribution in [3.05, 3.63) is 71.4 Å². The molecule has 0 saturated carbocycles. The molecule has 0 spiro atoms. The maximum absolute atomic E-state index is 13.4. The van der Waals surface area contributed by atoms with Crippen LogP contribution in [-0.4, -0.2) is 27.5 Å². The Bertz CT molecular complexity index is 1170. The largest absolute Gasteiger partial charge is 0.360 e. The molecule has 0 unspecified atom stereocenters. The Morgan fingerprint density at radius 2 is 1.90 bits per heavy atom. The van der Waals surface area contributed by atoms with Crippen molar-refractivity contribution in [2.45, 2.75) is 12.5 Å². The van der Waals surface area contributed by atoms with Crippen LogP contribution in [0.15, 0.2) is 48.9 Å². The quantitative estimate of drug-likeness (QED) is 0.434. The summed E-state index contributed by atoms with van der Waals surface area (Å²) in [5.74, 6) is -1.20. The highest BCUT2D eigenvalue weighted by molar-refractivity contribution is 7.18. The monoisotopic (exact) mass is 431 g/mol. The predicted octanol–water partition coefficient (Wildman–Crippen LogP) is 4.67. The lowest BCUT2D eigenvalue weighted by atomic mass is 10.1. The summed E-state index contributed by atoms with van der Waals surface area (Å²) in [6.07, 6.45) is 5.21. The molecule has 1 atom stereocenters. The van der Waals surface area contributed by atoms with Gasteiger partial charge in [0.1, 0.15) is 0 Å². The van der Waals surface area contributed by atoms with Crippen LogP contribution >= 0.6 is 22.9 Å². The number of nitrogens with two attached hydrogens (primary N) is 1. The van der Waals surface area contributed by atoms with Crippen molar-refractivity contribution in [2.24, 2.45) is 5.73 Å². The average molecular weight is 432 g/mol. The Kier molecular flexibility index (Phi) is 5.66. The van der Waals surface area contributed by atoms with E-state index in [9.17, 15) is 8.78 Å². The zero-order chi connectivity index (χ0) is 20.4. The van der Waals surface area contributed by atoms with E-state index in [1.54, 1.807) is 6.20 Å². The molecule has 0 bridgehead atoms. The molecule has 0 fully saturated rings. The summed E-state index contributed by atoms with van der Waals surface area (Å²) < 4.78 is 26.5. The van der Waals surface area contributed by atoms with E-state index in [2.05, 4.69) is 20.3 Å². The summed E-state index contributed by atoms with van der Waals surface area (Å²) in [5.41, 5.74) is 7.86. The lowest BCUT2D eigenvalue weighted by Crippen LogP contribution is -2.31. The van der Waals surface area contributed by atoms with Gasteiger partial charge >= 0.3 is 0 Å². The molecule has 0 saturated heterocycles. The van der Waals surface area contributed by atoms with Crippen molar-refractivity contribution in [3.8, 4) is 10.4 Å². The van der Waals surface area contributed by atoms with Gasteiger partial charge in [-0.25, -0.2) is 15.0 Å².